The summed E-state index contributed by atoms with van der Waals surface area (Å²) in [7, 11) is 3.60. The van der Waals surface area contributed by atoms with Gasteiger partial charge in [-0.25, -0.2) is 0 Å². The highest BCUT2D eigenvalue weighted by atomic mass is 16.3. The fourth-order valence-electron chi connectivity index (χ4n) is 5.07. The van der Waals surface area contributed by atoms with Crippen LogP contribution in [0.3, 0.4) is 0 Å². The molecule has 0 aromatic rings. The maximum absolute atomic E-state index is 13.6. The van der Waals surface area contributed by atoms with Gasteiger partial charge in [-0.3, -0.25) is 9.59 Å². The SMILES string of the molecule is C=CC[N+](C)(C)C1(C(N)(C=CC)C(C=CC)(C=CC)C=CC)C(=O)CC(O)C1=O. The largest absolute Gasteiger partial charge is 0.385 e. The van der Waals surface area contributed by atoms with Crippen LogP contribution >= 0.6 is 0 Å². The third-order valence-corrected chi connectivity index (χ3v) is 6.01. The number of carbonyl (C=O) groups excluding carboxylic acids is 2. The number of aliphatic hydroxyl groups excluding tert-OH is 1. The minimum Gasteiger partial charge on any atom is -0.385 e. The molecule has 29 heavy (non-hydrogen) atoms. The van der Waals surface area contributed by atoms with E-state index in [1.807, 2.05) is 64.2 Å². The van der Waals surface area contributed by atoms with Gasteiger partial charge in [-0.2, -0.15) is 0 Å². The van der Waals surface area contributed by atoms with Crippen LogP contribution in [-0.4, -0.2) is 59.0 Å². The van der Waals surface area contributed by atoms with Crippen LogP contribution in [0.5, 0.6) is 0 Å². The fraction of sp³-hybridized carbons (Fsp3) is 0.500. The number of hydrogen-bond acceptors (Lipinski definition) is 4. The molecule has 5 nitrogen and oxygen atoms in total. The molecule has 1 aliphatic carbocycles. The first-order valence-electron chi connectivity index (χ1n) is 10.1. The van der Waals surface area contributed by atoms with Crippen LogP contribution in [0.1, 0.15) is 34.1 Å². The van der Waals surface area contributed by atoms with E-state index in [-0.39, 0.29) is 16.7 Å². The van der Waals surface area contributed by atoms with Crippen molar-refractivity contribution in [3.63, 3.8) is 0 Å². The first-order chi connectivity index (χ1) is 13.5. The van der Waals surface area contributed by atoms with Crippen LogP contribution in [0, 0.1) is 5.41 Å². The van der Waals surface area contributed by atoms with E-state index in [1.54, 1.807) is 32.3 Å². The quantitative estimate of drug-likeness (QED) is 0.354. The molecular formula is C24H37N2O3+. The first-order valence-corrected chi connectivity index (χ1v) is 10.1. The first kappa shape index (κ1) is 25.0. The van der Waals surface area contributed by atoms with Crippen LogP contribution in [0.15, 0.2) is 61.3 Å². The molecule has 1 saturated carbocycles. The summed E-state index contributed by atoms with van der Waals surface area (Å²) >= 11 is 0. The van der Waals surface area contributed by atoms with Gasteiger partial charge in [0.15, 0.2) is 0 Å². The summed E-state index contributed by atoms with van der Waals surface area (Å²) in [6, 6.07) is 0. The Morgan fingerprint density at radius 1 is 1.07 bits per heavy atom. The Kier molecular flexibility index (Phi) is 7.88. The van der Waals surface area contributed by atoms with Crippen molar-refractivity contribution in [2.75, 3.05) is 20.6 Å². The van der Waals surface area contributed by atoms with Crippen LogP contribution in [0.2, 0.25) is 0 Å². The van der Waals surface area contributed by atoms with Gasteiger partial charge < -0.3 is 15.3 Å². The third-order valence-electron chi connectivity index (χ3n) is 6.01. The average Bonchev–Trinajstić information content (AvgIpc) is 2.85. The van der Waals surface area contributed by atoms with Crippen LogP contribution in [0.4, 0.5) is 0 Å². The highest BCUT2D eigenvalue weighted by molar-refractivity contribution is 6.20. The predicted octanol–water partition coefficient (Wildman–Crippen LogP) is 2.88. The van der Waals surface area contributed by atoms with Crippen molar-refractivity contribution < 1.29 is 19.2 Å². The van der Waals surface area contributed by atoms with Crippen molar-refractivity contribution in [3.05, 3.63) is 61.3 Å². The summed E-state index contributed by atoms with van der Waals surface area (Å²) in [5, 5.41) is 10.5. The molecule has 0 amide bonds. The summed E-state index contributed by atoms with van der Waals surface area (Å²) in [5.74, 6) is -0.900. The molecule has 3 atom stereocenters. The van der Waals surface area contributed by atoms with E-state index < -0.39 is 28.4 Å². The highest BCUT2D eigenvalue weighted by Gasteiger charge is 2.76. The lowest BCUT2D eigenvalue weighted by Gasteiger charge is -2.56. The Hall–Kier alpha value is -2.08. The van der Waals surface area contributed by atoms with Gasteiger partial charge >= 0.3 is 0 Å². The van der Waals surface area contributed by atoms with Gasteiger partial charge in [0, 0.05) is 6.42 Å². The number of hydrogen-bond donors (Lipinski definition) is 2. The topological polar surface area (TPSA) is 80.4 Å². The van der Waals surface area contributed by atoms with Crippen molar-refractivity contribution in [3.8, 4) is 0 Å². The molecule has 3 N–H and O–H groups in total. The van der Waals surface area contributed by atoms with Crippen molar-refractivity contribution in [2.45, 2.75) is 51.3 Å². The molecule has 0 aromatic heterocycles. The van der Waals surface area contributed by atoms with Gasteiger partial charge in [-0.1, -0.05) is 55.2 Å². The number of ketones is 2. The normalized spacial score (nSPS) is 28.1. The van der Waals surface area contributed by atoms with Crippen LogP contribution in [0.25, 0.3) is 0 Å². The molecule has 3 unspecified atom stereocenters. The Morgan fingerprint density at radius 3 is 1.83 bits per heavy atom. The van der Waals surface area contributed by atoms with Gasteiger partial charge in [-0.15, -0.1) is 0 Å². The summed E-state index contributed by atoms with van der Waals surface area (Å²) in [5.41, 5.74) is 3.06. The van der Waals surface area contributed by atoms with E-state index in [1.165, 1.54) is 0 Å². The van der Waals surface area contributed by atoms with Crippen molar-refractivity contribution in [1.82, 2.24) is 0 Å². The lowest BCUT2D eigenvalue weighted by atomic mass is 9.56. The predicted molar refractivity (Wildman–Crippen MR) is 119 cm³/mol. The summed E-state index contributed by atoms with van der Waals surface area (Å²) in [4.78, 5) is 27.2. The zero-order valence-electron chi connectivity index (χ0n) is 18.7. The number of allylic oxidation sites excluding steroid dienone is 4. The van der Waals surface area contributed by atoms with Gasteiger partial charge in [0.1, 0.15) is 11.6 Å². The molecule has 0 heterocycles. The summed E-state index contributed by atoms with van der Waals surface area (Å²) in [6.07, 6.45) is 14.9. The molecular weight excluding hydrogens is 364 g/mol. The van der Waals surface area contributed by atoms with Crippen LogP contribution < -0.4 is 5.73 Å². The van der Waals surface area contributed by atoms with Gasteiger partial charge in [-0.05, 0) is 33.8 Å². The van der Waals surface area contributed by atoms with Crippen molar-refractivity contribution >= 4 is 11.6 Å². The smallest absolute Gasteiger partial charge is 0.242 e. The Labute approximate surface area is 175 Å². The Balaban J connectivity index is 4.26. The lowest BCUT2D eigenvalue weighted by Crippen LogP contribution is -2.82. The second kappa shape index (κ2) is 9.16. The van der Waals surface area contributed by atoms with Gasteiger partial charge in [0.25, 0.3) is 0 Å². The van der Waals surface area contributed by atoms with E-state index in [9.17, 15) is 14.7 Å². The van der Waals surface area contributed by atoms with Gasteiger partial charge in [0.05, 0.1) is 26.1 Å². The number of nitrogens with zero attached hydrogens (tertiary/aromatic N) is 1. The zero-order chi connectivity index (χ0) is 22.5. The molecule has 0 saturated heterocycles. The number of Topliss-reactive ketones (excluding diaryl/α,β-unsaturated/α-hetero) is 2. The maximum Gasteiger partial charge on any atom is 0.242 e. The number of quaternary nitrogens is 1. The molecule has 5 heteroatoms. The van der Waals surface area contributed by atoms with E-state index in [4.69, 9.17) is 5.73 Å². The molecule has 0 aromatic carbocycles. The number of carbonyl (C=O) groups is 2. The number of nitrogens with two attached hydrogens (primary N) is 1. The molecule has 1 fully saturated rings. The van der Waals surface area contributed by atoms with E-state index in [0.717, 1.165) is 0 Å². The van der Waals surface area contributed by atoms with E-state index in [0.29, 0.717) is 6.54 Å². The molecule has 0 spiro atoms. The van der Waals surface area contributed by atoms with Crippen molar-refractivity contribution in [2.24, 2.45) is 11.1 Å². The Bertz CT molecular complexity index is 729. The number of likely N-dealkylation sites (N-methyl/N-ethyl adjacent to an activating group) is 1. The molecule has 1 aliphatic rings. The fourth-order valence-corrected chi connectivity index (χ4v) is 5.07. The standard InChI is InChI=1S/C24H37N2O3/c1-8-13-22(14-9-2,15-10-3)23(25,16-11-4)24(26(6,7)17-12-5)20(28)18-19(27)21(24)29/h8-16,19,27H,5,17-18,25H2,1-4,6-7H3/q+1. The average molecular weight is 402 g/mol. The Morgan fingerprint density at radius 2 is 1.52 bits per heavy atom. The summed E-state index contributed by atoms with van der Waals surface area (Å²) in [6.45, 7) is 11.6. The summed E-state index contributed by atoms with van der Waals surface area (Å²) < 4.78 is -0.0412. The van der Waals surface area contributed by atoms with E-state index >= 15 is 0 Å². The second-order valence-corrected chi connectivity index (χ2v) is 8.18. The zero-order valence-corrected chi connectivity index (χ0v) is 18.7. The number of aliphatic hydroxyl groups is 1. The molecule has 0 radical (unpaired) electrons. The minimum absolute atomic E-state index is 0.0412. The third kappa shape index (κ3) is 3.52. The van der Waals surface area contributed by atoms with E-state index in [2.05, 4.69) is 6.58 Å². The number of rotatable bonds is 9. The maximum atomic E-state index is 13.6. The highest BCUT2D eigenvalue weighted by Crippen LogP contribution is 2.51. The van der Waals surface area contributed by atoms with Gasteiger partial charge in [0.2, 0.25) is 17.1 Å². The monoisotopic (exact) mass is 401 g/mol. The molecule has 160 valence electrons. The molecule has 0 aliphatic heterocycles. The molecule has 1 rings (SSSR count). The molecule has 0 bridgehead atoms. The minimum atomic E-state index is -1.70. The van der Waals surface area contributed by atoms with Crippen LogP contribution in [-0.2, 0) is 9.59 Å². The van der Waals surface area contributed by atoms with Crippen molar-refractivity contribution in [1.29, 1.82) is 0 Å². The lowest BCUT2D eigenvalue weighted by molar-refractivity contribution is -0.919. The second-order valence-electron chi connectivity index (χ2n) is 8.18.